The van der Waals surface area contributed by atoms with E-state index in [1.807, 2.05) is 0 Å². The lowest BCUT2D eigenvalue weighted by molar-refractivity contribution is -0.161. The van der Waals surface area contributed by atoms with Gasteiger partial charge < -0.3 is 19.7 Å². The molecular weight excluding hydrogens is 750 g/mol. The van der Waals surface area contributed by atoms with Crippen molar-refractivity contribution in [2.24, 2.45) is 0 Å². The van der Waals surface area contributed by atoms with Gasteiger partial charge in [0, 0.05) is 19.4 Å². The molecule has 0 aliphatic heterocycles. The number of nitrogens with one attached hydrogen (secondary N) is 1. The molecule has 0 spiro atoms. The molecule has 2 N–H and O–H groups in total. The van der Waals surface area contributed by atoms with E-state index in [9.17, 15) is 19.0 Å². The first kappa shape index (κ1) is 55.2. The van der Waals surface area contributed by atoms with Crippen LogP contribution in [0.4, 0.5) is 0 Å². The molecular formula is C48H82NO8P. The van der Waals surface area contributed by atoms with Crippen LogP contribution in [0.15, 0.2) is 85.1 Å². The maximum absolute atomic E-state index is 12.6. The van der Waals surface area contributed by atoms with E-state index >= 15 is 0 Å². The molecule has 0 fully saturated rings. The first-order chi connectivity index (χ1) is 28.3. The Morgan fingerprint density at radius 3 is 1.38 bits per heavy atom. The fraction of sp³-hybridized carbons (Fsp3) is 0.667. The van der Waals surface area contributed by atoms with Gasteiger partial charge in [0.2, 0.25) is 0 Å². The number of phosphoric acid groups is 1. The van der Waals surface area contributed by atoms with Crippen molar-refractivity contribution in [3.8, 4) is 0 Å². The van der Waals surface area contributed by atoms with Gasteiger partial charge in [0.15, 0.2) is 6.10 Å². The molecule has 10 heteroatoms. The molecule has 332 valence electrons. The topological polar surface area (TPSA) is 120 Å². The largest absolute Gasteiger partial charge is 0.472 e. The van der Waals surface area contributed by atoms with Crippen LogP contribution in [0.3, 0.4) is 0 Å². The minimum Gasteiger partial charge on any atom is -0.462 e. The summed E-state index contributed by atoms with van der Waals surface area (Å²) < 4.78 is 33.2. The van der Waals surface area contributed by atoms with E-state index in [0.717, 1.165) is 77.0 Å². The molecule has 58 heavy (non-hydrogen) atoms. The summed E-state index contributed by atoms with van der Waals surface area (Å²) in [4.78, 5) is 35.1. The summed E-state index contributed by atoms with van der Waals surface area (Å²) >= 11 is 0. The third-order valence-corrected chi connectivity index (χ3v) is 9.97. The molecule has 2 atom stereocenters. The van der Waals surface area contributed by atoms with Crippen molar-refractivity contribution >= 4 is 19.8 Å². The molecule has 0 saturated heterocycles. The molecule has 0 rings (SSSR count). The zero-order chi connectivity index (χ0) is 42.5. The minimum absolute atomic E-state index is 0.0317. The van der Waals surface area contributed by atoms with Gasteiger partial charge in [-0.25, -0.2) is 4.57 Å². The van der Waals surface area contributed by atoms with E-state index < -0.39 is 32.5 Å². The van der Waals surface area contributed by atoms with E-state index in [2.05, 4.69) is 104 Å². The van der Waals surface area contributed by atoms with Crippen LogP contribution in [0, 0.1) is 0 Å². The number of phosphoric ester groups is 1. The van der Waals surface area contributed by atoms with Gasteiger partial charge in [-0.05, 0) is 103 Å². The molecule has 0 radical (unpaired) electrons. The van der Waals surface area contributed by atoms with Crippen LogP contribution in [0.1, 0.15) is 168 Å². The molecule has 0 bridgehead atoms. The molecule has 0 aromatic carbocycles. The third-order valence-electron chi connectivity index (χ3n) is 8.99. The highest BCUT2D eigenvalue weighted by atomic mass is 31.2. The number of likely N-dealkylation sites (N-methyl/N-ethyl adjacent to an activating group) is 1. The average molecular weight is 832 g/mol. The Balaban J connectivity index is 4.33. The van der Waals surface area contributed by atoms with Crippen LogP contribution in [0.25, 0.3) is 0 Å². The van der Waals surface area contributed by atoms with E-state index in [1.54, 1.807) is 7.05 Å². The lowest BCUT2D eigenvalue weighted by Crippen LogP contribution is -2.29. The molecule has 9 nitrogen and oxygen atoms in total. The number of carbonyl (C=O) groups excluding carboxylic acids is 2. The smallest absolute Gasteiger partial charge is 0.462 e. The summed E-state index contributed by atoms with van der Waals surface area (Å²) in [6, 6.07) is 0. The molecule has 2 unspecified atom stereocenters. The van der Waals surface area contributed by atoms with Crippen molar-refractivity contribution in [2.45, 2.75) is 174 Å². The number of hydrogen-bond acceptors (Lipinski definition) is 8. The molecule has 0 saturated carbocycles. The molecule has 0 aliphatic rings. The van der Waals surface area contributed by atoms with Crippen molar-refractivity contribution in [3.63, 3.8) is 0 Å². The fourth-order valence-electron chi connectivity index (χ4n) is 5.54. The zero-order valence-corrected chi connectivity index (χ0v) is 37.6. The lowest BCUT2D eigenvalue weighted by Gasteiger charge is -2.20. The van der Waals surface area contributed by atoms with Crippen molar-refractivity contribution in [3.05, 3.63) is 85.1 Å². The minimum atomic E-state index is -4.37. The Bertz CT molecular complexity index is 1220. The van der Waals surface area contributed by atoms with E-state index in [-0.39, 0.29) is 26.1 Å². The van der Waals surface area contributed by atoms with Crippen LogP contribution < -0.4 is 5.32 Å². The first-order valence-corrected chi connectivity index (χ1v) is 24.0. The Hall–Kier alpha value is -2.81. The fourth-order valence-corrected chi connectivity index (χ4v) is 6.29. The Kier molecular flexibility index (Phi) is 41.6. The maximum atomic E-state index is 12.6. The van der Waals surface area contributed by atoms with Crippen LogP contribution in [-0.2, 0) is 32.7 Å². The number of esters is 2. The van der Waals surface area contributed by atoms with Crippen molar-refractivity contribution < 1.29 is 37.6 Å². The van der Waals surface area contributed by atoms with Crippen molar-refractivity contribution in [1.29, 1.82) is 0 Å². The normalized spacial score (nSPS) is 14.1. The number of hydrogen-bond donors (Lipinski definition) is 2. The van der Waals surface area contributed by atoms with Crippen LogP contribution in [0.2, 0.25) is 0 Å². The van der Waals surface area contributed by atoms with Crippen LogP contribution in [0.5, 0.6) is 0 Å². The van der Waals surface area contributed by atoms with Gasteiger partial charge in [-0.1, -0.05) is 144 Å². The molecule has 0 aliphatic carbocycles. The number of allylic oxidation sites excluding steroid dienone is 14. The van der Waals surface area contributed by atoms with Gasteiger partial charge in [-0.15, -0.1) is 0 Å². The summed E-state index contributed by atoms with van der Waals surface area (Å²) in [6.45, 7) is 4.09. The Labute approximate surface area is 354 Å². The van der Waals surface area contributed by atoms with Crippen LogP contribution >= 0.6 is 7.82 Å². The zero-order valence-electron chi connectivity index (χ0n) is 36.7. The van der Waals surface area contributed by atoms with Crippen molar-refractivity contribution in [2.75, 3.05) is 33.4 Å². The van der Waals surface area contributed by atoms with E-state index in [0.29, 0.717) is 19.4 Å². The molecule has 0 aromatic rings. The standard InChI is InChI=1S/C48H82NO8P/c1-4-6-8-10-12-14-16-18-20-22-23-25-26-28-30-32-34-36-38-40-47(50)54-44-46(45-56-58(52,53)55-43-42-49-3)57-48(51)41-39-37-35-33-31-29-27-24-21-19-17-15-13-11-9-7-5-2/h12-15,18-21,23,25,27-30,46,49H,4-11,16-17,22,24,26,31-45H2,1-3H3,(H,52,53)/b14-12-,15-13-,20-18-,21-19-,25-23-,29-27-,30-28-. The van der Waals surface area contributed by atoms with Crippen LogP contribution in [-0.4, -0.2) is 56.3 Å². The number of ether oxygens (including phenoxy) is 2. The predicted molar refractivity (Wildman–Crippen MR) is 243 cm³/mol. The van der Waals surface area contributed by atoms with Gasteiger partial charge in [0.1, 0.15) is 6.61 Å². The summed E-state index contributed by atoms with van der Waals surface area (Å²) in [6.07, 6.45) is 53.4. The first-order valence-electron chi connectivity index (χ1n) is 22.5. The predicted octanol–water partition coefficient (Wildman–Crippen LogP) is 13.1. The summed E-state index contributed by atoms with van der Waals surface area (Å²) in [5.74, 6) is -0.875. The SMILES string of the molecule is CCCCC/C=C\C/C=C\C/C=C\C/C=C\CCCCCC(=O)OCC(COP(=O)(O)OCCNC)OC(=O)CCCCCC/C=C\C/C=C\C/C=C\CCCCC. The summed E-state index contributed by atoms with van der Waals surface area (Å²) in [5, 5.41) is 2.82. The average Bonchev–Trinajstić information content (AvgIpc) is 3.21. The highest BCUT2D eigenvalue weighted by Gasteiger charge is 2.26. The quantitative estimate of drug-likeness (QED) is 0.0268. The Morgan fingerprint density at radius 1 is 0.534 bits per heavy atom. The number of unbranched alkanes of at least 4 members (excludes halogenated alkanes) is 13. The van der Waals surface area contributed by atoms with Gasteiger partial charge in [0.25, 0.3) is 0 Å². The maximum Gasteiger partial charge on any atom is 0.472 e. The van der Waals surface area contributed by atoms with Gasteiger partial charge in [-0.3, -0.25) is 18.6 Å². The number of carbonyl (C=O) groups is 2. The molecule has 0 amide bonds. The molecule has 0 aromatic heterocycles. The second kappa shape index (κ2) is 43.8. The number of rotatable bonds is 41. The monoisotopic (exact) mass is 832 g/mol. The summed E-state index contributed by atoms with van der Waals surface area (Å²) in [5.41, 5.74) is 0. The van der Waals surface area contributed by atoms with Gasteiger partial charge in [0.05, 0.1) is 13.2 Å². The molecule has 0 heterocycles. The highest BCUT2D eigenvalue weighted by molar-refractivity contribution is 7.47. The van der Waals surface area contributed by atoms with E-state index in [1.165, 1.54) is 51.4 Å². The Morgan fingerprint density at radius 2 is 0.931 bits per heavy atom. The van der Waals surface area contributed by atoms with Gasteiger partial charge >= 0.3 is 19.8 Å². The highest BCUT2D eigenvalue weighted by Crippen LogP contribution is 2.43. The second-order valence-corrected chi connectivity index (χ2v) is 16.0. The van der Waals surface area contributed by atoms with E-state index in [4.69, 9.17) is 18.5 Å². The van der Waals surface area contributed by atoms with Crippen molar-refractivity contribution in [1.82, 2.24) is 5.32 Å². The lowest BCUT2D eigenvalue weighted by atomic mass is 10.1. The summed E-state index contributed by atoms with van der Waals surface area (Å²) in [7, 11) is -2.68. The third kappa shape index (κ3) is 42.8. The second-order valence-electron chi connectivity index (χ2n) is 14.5. The van der Waals surface area contributed by atoms with Gasteiger partial charge in [-0.2, -0.15) is 0 Å².